The molecule has 0 aromatic carbocycles. The van der Waals surface area contributed by atoms with Gasteiger partial charge >= 0.3 is 6.09 Å². The summed E-state index contributed by atoms with van der Waals surface area (Å²) in [6.07, 6.45) is 4.50. The summed E-state index contributed by atoms with van der Waals surface area (Å²) in [5.74, 6) is 0. The minimum absolute atomic E-state index is 0.341. The van der Waals surface area contributed by atoms with Crippen LogP contribution in [0.15, 0.2) is 0 Å². The number of rotatable bonds is 7. The Balaban J connectivity index is 1.86. The molecule has 5 nitrogen and oxygen atoms in total. The SMILES string of the molecule is CC(C)(C)OC(=O)NCCCNCCC1CCCO1. The van der Waals surface area contributed by atoms with Gasteiger partial charge in [-0.15, -0.1) is 0 Å². The lowest BCUT2D eigenvalue weighted by Gasteiger charge is -2.19. The zero-order chi connectivity index (χ0) is 14.1. The predicted octanol–water partition coefficient (Wildman–Crippen LogP) is 2.06. The van der Waals surface area contributed by atoms with Crippen molar-refractivity contribution in [3.05, 3.63) is 0 Å². The number of ether oxygens (including phenoxy) is 2. The first kappa shape index (κ1) is 16.2. The summed E-state index contributed by atoms with van der Waals surface area (Å²) in [7, 11) is 0. The first-order chi connectivity index (χ1) is 8.97. The molecular formula is C14H28N2O3. The van der Waals surface area contributed by atoms with Crippen LogP contribution < -0.4 is 10.6 Å². The first-order valence-corrected chi connectivity index (χ1v) is 7.26. The van der Waals surface area contributed by atoms with E-state index in [1.54, 1.807) is 0 Å². The summed E-state index contributed by atoms with van der Waals surface area (Å²) < 4.78 is 10.7. The molecule has 0 bridgehead atoms. The van der Waals surface area contributed by atoms with E-state index < -0.39 is 5.60 Å². The Morgan fingerprint density at radius 2 is 2.11 bits per heavy atom. The quantitative estimate of drug-likeness (QED) is 0.696. The summed E-state index contributed by atoms with van der Waals surface area (Å²) in [6.45, 7) is 9.03. The van der Waals surface area contributed by atoms with E-state index in [9.17, 15) is 4.79 Å². The number of nitrogens with one attached hydrogen (secondary N) is 2. The van der Waals surface area contributed by atoms with E-state index in [4.69, 9.17) is 9.47 Å². The van der Waals surface area contributed by atoms with Crippen LogP contribution in [0.25, 0.3) is 0 Å². The van der Waals surface area contributed by atoms with Crippen LogP contribution in [0.1, 0.15) is 46.5 Å². The number of hydrogen-bond acceptors (Lipinski definition) is 4. The highest BCUT2D eigenvalue weighted by Crippen LogP contribution is 2.14. The molecule has 0 spiro atoms. The van der Waals surface area contributed by atoms with E-state index in [0.29, 0.717) is 12.6 Å². The van der Waals surface area contributed by atoms with Crippen LogP contribution in [0, 0.1) is 0 Å². The second kappa shape index (κ2) is 8.38. The van der Waals surface area contributed by atoms with Crippen LogP contribution in [-0.4, -0.2) is 44.0 Å². The summed E-state index contributed by atoms with van der Waals surface area (Å²) in [6, 6.07) is 0. The average Bonchev–Trinajstić information content (AvgIpc) is 2.78. The largest absolute Gasteiger partial charge is 0.444 e. The Labute approximate surface area is 116 Å². The summed E-state index contributed by atoms with van der Waals surface area (Å²) >= 11 is 0. The van der Waals surface area contributed by atoms with Gasteiger partial charge in [0.05, 0.1) is 6.10 Å². The monoisotopic (exact) mass is 272 g/mol. The molecular weight excluding hydrogens is 244 g/mol. The zero-order valence-electron chi connectivity index (χ0n) is 12.5. The molecule has 1 rings (SSSR count). The number of carbonyl (C=O) groups is 1. The van der Waals surface area contributed by atoms with Crippen LogP contribution in [0.5, 0.6) is 0 Å². The highest BCUT2D eigenvalue weighted by Gasteiger charge is 2.15. The Bertz CT molecular complexity index is 258. The summed E-state index contributed by atoms with van der Waals surface area (Å²) in [4.78, 5) is 11.4. The molecule has 1 fully saturated rings. The molecule has 1 amide bonds. The molecule has 1 unspecified atom stereocenters. The van der Waals surface area contributed by atoms with Crippen molar-refractivity contribution in [2.75, 3.05) is 26.2 Å². The van der Waals surface area contributed by atoms with Gasteiger partial charge in [0.2, 0.25) is 0 Å². The van der Waals surface area contributed by atoms with E-state index in [1.807, 2.05) is 20.8 Å². The standard InChI is InChI=1S/C14H28N2O3/c1-14(2,3)19-13(17)16-9-5-8-15-10-7-12-6-4-11-18-12/h12,15H,4-11H2,1-3H3,(H,16,17). The molecule has 1 aliphatic heterocycles. The van der Waals surface area contributed by atoms with E-state index in [1.165, 1.54) is 12.8 Å². The molecule has 0 aliphatic carbocycles. The summed E-state index contributed by atoms with van der Waals surface area (Å²) in [5.41, 5.74) is -0.427. The van der Waals surface area contributed by atoms with Crippen molar-refractivity contribution < 1.29 is 14.3 Å². The normalized spacial score (nSPS) is 19.4. The fraction of sp³-hybridized carbons (Fsp3) is 0.929. The van der Waals surface area contributed by atoms with E-state index in [-0.39, 0.29) is 6.09 Å². The topological polar surface area (TPSA) is 59.6 Å². The number of hydrogen-bond donors (Lipinski definition) is 2. The minimum Gasteiger partial charge on any atom is -0.444 e. The highest BCUT2D eigenvalue weighted by atomic mass is 16.6. The van der Waals surface area contributed by atoms with Crippen molar-refractivity contribution in [2.45, 2.75) is 58.2 Å². The maximum absolute atomic E-state index is 11.4. The van der Waals surface area contributed by atoms with Crippen molar-refractivity contribution in [1.29, 1.82) is 0 Å². The van der Waals surface area contributed by atoms with Gasteiger partial charge in [-0.25, -0.2) is 4.79 Å². The number of carbonyl (C=O) groups excluding carboxylic acids is 1. The second-order valence-corrected chi connectivity index (χ2v) is 5.96. The Hall–Kier alpha value is -0.810. The van der Waals surface area contributed by atoms with Crippen LogP contribution in [0.4, 0.5) is 4.79 Å². The molecule has 0 aromatic rings. The fourth-order valence-corrected chi connectivity index (χ4v) is 1.98. The predicted molar refractivity (Wildman–Crippen MR) is 75.3 cm³/mol. The molecule has 1 heterocycles. The first-order valence-electron chi connectivity index (χ1n) is 7.26. The molecule has 0 radical (unpaired) electrons. The van der Waals surface area contributed by atoms with Gasteiger partial charge < -0.3 is 20.1 Å². The lowest BCUT2D eigenvalue weighted by Crippen LogP contribution is -2.34. The molecule has 1 saturated heterocycles. The molecule has 112 valence electrons. The maximum Gasteiger partial charge on any atom is 0.407 e. The van der Waals surface area contributed by atoms with Gasteiger partial charge in [0.1, 0.15) is 5.60 Å². The Kier molecular flexibility index (Phi) is 7.16. The van der Waals surface area contributed by atoms with Gasteiger partial charge in [-0.1, -0.05) is 0 Å². The average molecular weight is 272 g/mol. The van der Waals surface area contributed by atoms with Gasteiger partial charge in [0.15, 0.2) is 0 Å². The number of amides is 1. The van der Waals surface area contributed by atoms with Gasteiger partial charge in [-0.2, -0.15) is 0 Å². The van der Waals surface area contributed by atoms with Crippen molar-refractivity contribution in [3.8, 4) is 0 Å². The molecule has 0 aromatic heterocycles. The van der Waals surface area contributed by atoms with Crippen LogP contribution in [0.3, 0.4) is 0 Å². The third-order valence-electron chi connectivity index (χ3n) is 2.87. The fourth-order valence-electron chi connectivity index (χ4n) is 1.98. The van der Waals surface area contributed by atoms with Crippen molar-refractivity contribution in [3.63, 3.8) is 0 Å². The van der Waals surface area contributed by atoms with E-state index >= 15 is 0 Å². The maximum atomic E-state index is 11.4. The molecule has 19 heavy (non-hydrogen) atoms. The smallest absolute Gasteiger partial charge is 0.407 e. The zero-order valence-corrected chi connectivity index (χ0v) is 12.5. The lowest BCUT2D eigenvalue weighted by molar-refractivity contribution is 0.0527. The number of alkyl carbamates (subject to hydrolysis) is 1. The second-order valence-electron chi connectivity index (χ2n) is 5.96. The molecule has 1 atom stereocenters. The van der Waals surface area contributed by atoms with E-state index in [0.717, 1.165) is 32.5 Å². The highest BCUT2D eigenvalue weighted by molar-refractivity contribution is 5.67. The van der Waals surface area contributed by atoms with Gasteiger partial charge in [0, 0.05) is 13.2 Å². The van der Waals surface area contributed by atoms with Crippen molar-refractivity contribution in [2.24, 2.45) is 0 Å². The van der Waals surface area contributed by atoms with Crippen LogP contribution in [-0.2, 0) is 9.47 Å². The third kappa shape index (κ3) is 8.83. The van der Waals surface area contributed by atoms with Crippen LogP contribution in [0.2, 0.25) is 0 Å². The molecule has 5 heteroatoms. The van der Waals surface area contributed by atoms with Gasteiger partial charge in [0.25, 0.3) is 0 Å². The van der Waals surface area contributed by atoms with E-state index in [2.05, 4.69) is 10.6 Å². The molecule has 2 N–H and O–H groups in total. The lowest BCUT2D eigenvalue weighted by atomic mass is 10.2. The van der Waals surface area contributed by atoms with Gasteiger partial charge in [-0.05, 0) is 59.5 Å². The third-order valence-corrected chi connectivity index (χ3v) is 2.87. The van der Waals surface area contributed by atoms with Gasteiger partial charge in [-0.3, -0.25) is 0 Å². The Morgan fingerprint density at radius 1 is 1.32 bits per heavy atom. The van der Waals surface area contributed by atoms with Crippen molar-refractivity contribution in [1.82, 2.24) is 10.6 Å². The van der Waals surface area contributed by atoms with Crippen LogP contribution >= 0.6 is 0 Å². The molecule has 1 aliphatic rings. The minimum atomic E-state index is -0.427. The summed E-state index contributed by atoms with van der Waals surface area (Å²) in [5, 5.41) is 6.11. The Morgan fingerprint density at radius 3 is 2.74 bits per heavy atom. The van der Waals surface area contributed by atoms with Crippen molar-refractivity contribution >= 4 is 6.09 Å². The molecule has 0 saturated carbocycles.